The highest BCUT2D eigenvalue weighted by molar-refractivity contribution is 7.71. The molecule has 0 unspecified atom stereocenters. The van der Waals surface area contributed by atoms with Crippen molar-refractivity contribution >= 4 is 24.2 Å². The maximum absolute atomic E-state index is 12.3. The first kappa shape index (κ1) is 11.7. The molecule has 15 heavy (non-hydrogen) atoms. The number of alkyl halides is 3. The molecule has 1 aromatic rings. The normalized spacial score (nSPS) is 11.1. The van der Waals surface area contributed by atoms with Gasteiger partial charge in [-0.1, -0.05) is 12.2 Å². The second kappa shape index (κ2) is 4.43. The average Bonchev–Trinajstić information content (AvgIpc) is 2.15. The van der Waals surface area contributed by atoms with E-state index in [1.54, 1.807) is 0 Å². The van der Waals surface area contributed by atoms with Gasteiger partial charge < -0.3 is 15.1 Å². The van der Waals surface area contributed by atoms with E-state index in [0.717, 1.165) is 12.3 Å². The molecule has 0 fully saturated rings. The maximum Gasteiger partial charge on any atom is 0.417 e. The summed E-state index contributed by atoms with van der Waals surface area (Å²) in [5.74, 6) is 0. The molecule has 0 atom stereocenters. The molecule has 0 aromatic carbocycles. The van der Waals surface area contributed by atoms with Gasteiger partial charge in [-0.2, -0.15) is 13.2 Å². The number of nitrogens with one attached hydrogen (secondary N) is 2. The number of aromatic nitrogens is 1. The molecule has 0 aliphatic rings. The number of hydrogen-bond acceptors (Lipinski definition) is 3. The van der Waals surface area contributed by atoms with Crippen molar-refractivity contribution in [1.29, 1.82) is 0 Å². The zero-order chi connectivity index (χ0) is 11.5. The highest BCUT2D eigenvalue weighted by atomic mass is 32.1. The quantitative estimate of drug-likeness (QED) is 0.625. The van der Waals surface area contributed by atoms with Crippen LogP contribution in [0.4, 0.5) is 18.9 Å². The van der Waals surface area contributed by atoms with Crippen molar-refractivity contribution in [3.63, 3.8) is 0 Å². The molecule has 0 radical (unpaired) electrons. The number of H-pyrrole nitrogens is 1. The van der Waals surface area contributed by atoms with Gasteiger partial charge in [-0.05, 0) is 6.07 Å². The molecule has 7 heteroatoms. The van der Waals surface area contributed by atoms with E-state index in [0.29, 0.717) is 6.29 Å². The molecule has 1 rings (SSSR count). The molecular weight excluding hydrogens is 229 g/mol. The van der Waals surface area contributed by atoms with Gasteiger partial charge in [0.2, 0.25) is 0 Å². The SMILES string of the molecule is O=CCNc1cc(C(F)(F)F)c[nH]c1=S. The monoisotopic (exact) mass is 236 g/mol. The van der Waals surface area contributed by atoms with Crippen LogP contribution in [0.15, 0.2) is 12.3 Å². The van der Waals surface area contributed by atoms with Gasteiger partial charge in [0, 0.05) is 6.20 Å². The molecule has 2 N–H and O–H groups in total. The van der Waals surface area contributed by atoms with Crippen LogP contribution in [0.2, 0.25) is 0 Å². The Morgan fingerprint density at radius 3 is 2.73 bits per heavy atom. The summed E-state index contributed by atoms with van der Waals surface area (Å²) >= 11 is 4.75. The first-order valence-electron chi connectivity index (χ1n) is 3.92. The molecule has 1 heterocycles. The number of pyridine rings is 1. The predicted molar refractivity (Wildman–Crippen MR) is 51.2 cm³/mol. The van der Waals surface area contributed by atoms with Crippen molar-refractivity contribution in [2.45, 2.75) is 6.18 Å². The summed E-state index contributed by atoms with van der Waals surface area (Å²) in [5.41, 5.74) is -0.753. The van der Waals surface area contributed by atoms with E-state index in [1.807, 2.05) is 0 Å². The number of aldehydes is 1. The maximum atomic E-state index is 12.3. The predicted octanol–water partition coefficient (Wildman–Crippen LogP) is 2.37. The lowest BCUT2D eigenvalue weighted by Gasteiger charge is -2.09. The van der Waals surface area contributed by atoms with Gasteiger partial charge >= 0.3 is 6.18 Å². The van der Waals surface area contributed by atoms with Crippen LogP contribution in [0.3, 0.4) is 0 Å². The standard InChI is InChI=1S/C8H7F3N2OS/c9-8(10,11)5-3-6(12-1-2-14)7(15)13-4-5/h2-4,12H,1H2,(H,13,15). The average molecular weight is 236 g/mol. The van der Waals surface area contributed by atoms with Crippen LogP contribution in [0.25, 0.3) is 0 Å². The molecule has 0 aliphatic heterocycles. The van der Waals surface area contributed by atoms with Gasteiger partial charge in [-0.3, -0.25) is 0 Å². The van der Waals surface area contributed by atoms with E-state index in [9.17, 15) is 18.0 Å². The highest BCUT2D eigenvalue weighted by Crippen LogP contribution is 2.30. The topological polar surface area (TPSA) is 44.9 Å². The third-order valence-electron chi connectivity index (χ3n) is 1.61. The number of aromatic amines is 1. The number of hydrogen-bond donors (Lipinski definition) is 2. The lowest BCUT2D eigenvalue weighted by molar-refractivity contribution is -0.137. The molecule has 0 spiro atoms. The van der Waals surface area contributed by atoms with Gasteiger partial charge in [0.1, 0.15) is 10.9 Å². The first-order valence-corrected chi connectivity index (χ1v) is 4.33. The molecule has 3 nitrogen and oxygen atoms in total. The fourth-order valence-corrected chi connectivity index (χ4v) is 1.12. The van der Waals surface area contributed by atoms with E-state index in [1.165, 1.54) is 0 Å². The minimum atomic E-state index is -4.43. The molecule has 0 aliphatic carbocycles. The Morgan fingerprint density at radius 1 is 1.53 bits per heavy atom. The minimum absolute atomic E-state index is 0.0845. The summed E-state index contributed by atoms with van der Waals surface area (Å²) in [6, 6.07) is 0.863. The molecule has 1 aromatic heterocycles. The summed E-state index contributed by atoms with van der Waals surface area (Å²) in [6.07, 6.45) is -3.11. The summed E-state index contributed by atoms with van der Waals surface area (Å²) in [6.45, 7) is -0.0845. The van der Waals surface area contributed by atoms with E-state index in [4.69, 9.17) is 12.2 Å². The van der Waals surface area contributed by atoms with Crippen LogP contribution < -0.4 is 5.32 Å². The van der Waals surface area contributed by atoms with Gasteiger partial charge in [0.05, 0.1) is 17.8 Å². The molecular formula is C8H7F3N2OS. The van der Waals surface area contributed by atoms with Gasteiger partial charge in [0.15, 0.2) is 0 Å². The lowest BCUT2D eigenvalue weighted by atomic mass is 10.2. The van der Waals surface area contributed by atoms with Crippen molar-refractivity contribution < 1.29 is 18.0 Å². The number of carbonyl (C=O) groups is 1. The Morgan fingerprint density at radius 2 is 2.20 bits per heavy atom. The van der Waals surface area contributed by atoms with Crippen LogP contribution in [-0.4, -0.2) is 17.8 Å². The number of rotatable bonds is 3. The Bertz CT molecular complexity index is 413. The zero-order valence-corrected chi connectivity index (χ0v) is 8.21. The van der Waals surface area contributed by atoms with E-state index in [-0.39, 0.29) is 16.9 Å². The van der Waals surface area contributed by atoms with Crippen LogP contribution in [0.5, 0.6) is 0 Å². The lowest BCUT2D eigenvalue weighted by Crippen LogP contribution is -2.09. The molecule has 0 saturated carbocycles. The largest absolute Gasteiger partial charge is 0.417 e. The summed E-state index contributed by atoms with van der Waals surface area (Å²) < 4.78 is 36.9. The Hall–Kier alpha value is -1.37. The van der Waals surface area contributed by atoms with Crippen molar-refractivity contribution in [3.8, 4) is 0 Å². The third-order valence-corrected chi connectivity index (χ3v) is 1.94. The summed E-state index contributed by atoms with van der Waals surface area (Å²) in [7, 11) is 0. The summed E-state index contributed by atoms with van der Waals surface area (Å²) in [4.78, 5) is 12.3. The van der Waals surface area contributed by atoms with Crippen LogP contribution >= 0.6 is 12.2 Å². The Labute approximate surface area is 88.3 Å². The van der Waals surface area contributed by atoms with Gasteiger partial charge in [0.25, 0.3) is 0 Å². The molecule has 0 amide bonds. The molecule has 0 saturated heterocycles. The second-order valence-corrected chi connectivity index (χ2v) is 3.08. The highest BCUT2D eigenvalue weighted by Gasteiger charge is 2.31. The van der Waals surface area contributed by atoms with Crippen molar-refractivity contribution in [1.82, 2.24) is 4.98 Å². The van der Waals surface area contributed by atoms with Crippen molar-refractivity contribution in [3.05, 3.63) is 22.5 Å². The Balaban J connectivity index is 3.05. The number of carbonyl (C=O) groups excluding carboxylic acids is 1. The second-order valence-electron chi connectivity index (χ2n) is 2.68. The molecule has 0 bridgehead atoms. The van der Waals surface area contributed by atoms with Gasteiger partial charge in [-0.15, -0.1) is 0 Å². The summed E-state index contributed by atoms with van der Waals surface area (Å²) in [5, 5.41) is 2.47. The van der Waals surface area contributed by atoms with Crippen molar-refractivity contribution in [2.24, 2.45) is 0 Å². The van der Waals surface area contributed by atoms with Gasteiger partial charge in [-0.25, -0.2) is 0 Å². The smallest absolute Gasteiger partial charge is 0.376 e. The third kappa shape index (κ3) is 3.05. The van der Waals surface area contributed by atoms with E-state index < -0.39 is 11.7 Å². The molecule has 82 valence electrons. The number of anilines is 1. The fourth-order valence-electron chi connectivity index (χ4n) is 0.930. The fraction of sp³-hybridized carbons (Fsp3) is 0.250. The minimum Gasteiger partial charge on any atom is -0.376 e. The van der Waals surface area contributed by atoms with E-state index in [2.05, 4.69) is 10.3 Å². The first-order chi connectivity index (χ1) is 6.95. The van der Waals surface area contributed by atoms with E-state index >= 15 is 0 Å². The van der Waals surface area contributed by atoms with Crippen LogP contribution in [-0.2, 0) is 11.0 Å². The Kier molecular flexibility index (Phi) is 3.46. The van der Waals surface area contributed by atoms with Crippen LogP contribution in [0, 0.1) is 4.64 Å². The number of halogens is 3. The van der Waals surface area contributed by atoms with Crippen LogP contribution in [0.1, 0.15) is 5.56 Å². The van der Waals surface area contributed by atoms with Crippen molar-refractivity contribution in [2.75, 3.05) is 11.9 Å². The zero-order valence-electron chi connectivity index (χ0n) is 7.39.